The van der Waals surface area contributed by atoms with Crippen LogP contribution >= 0.6 is 0 Å². The number of aromatic nitrogens is 2. The van der Waals surface area contributed by atoms with Gasteiger partial charge in [0.05, 0.1) is 11.1 Å². The third-order valence-electron chi connectivity index (χ3n) is 2.80. The summed E-state index contributed by atoms with van der Waals surface area (Å²) >= 11 is 0. The molecule has 0 spiro atoms. The number of rotatable bonds is 0. The average Bonchev–Trinajstić information content (AvgIpc) is 2.68. The maximum absolute atomic E-state index is 12.1. The van der Waals surface area contributed by atoms with E-state index in [1.807, 2.05) is 0 Å². The van der Waals surface area contributed by atoms with Crippen LogP contribution in [0.4, 0.5) is 0 Å². The van der Waals surface area contributed by atoms with E-state index in [4.69, 9.17) is 0 Å². The lowest BCUT2D eigenvalue weighted by atomic mass is 9.88. The molecule has 5 heteroatoms. The summed E-state index contributed by atoms with van der Waals surface area (Å²) in [7, 11) is 1.64. The number of aryl methyl sites for hydroxylation is 1. The fourth-order valence-corrected chi connectivity index (χ4v) is 2.05. The molecule has 0 aliphatic heterocycles. The molecule has 2 aromatic rings. The predicted molar refractivity (Wildman–Crippen MR) is 58.2 cm³/mol. The van der Waals surface area contributed by atoms with Crippen LogP contribution in [-0.2, 0) is 7.05 Å². The second kappa shape index (κ2) is 3.04. The zero-order valence-corrected chi connectivity index (χ0v) is 8.97. The van der Waals surface area contributed by atoms with Crippen molar-refractivity contribution in [2.24, 2.45) is 7.05 Å². The van der Waals surface area contributed by atoms with E-state index in [0.29, 0.717) is 0 Å². The summed E-state index contributed by atoms with van der Waals surface area (Å²) < 4.78 is 1.42. The summed E-state index contributed by atoms with van der Waals surface area (Å²) in [6, 6.07) is 4.46. The van der Waals surface area contributed by atoms with Gasteiger partial charge in [-0.25, -0.2) is 0 Å². The predicted octanol–water partition coefficient (Wildman–Crippen LogP) is 0.901. The van der Waals surface area contributed by atoms with Crippen LogP contribution in [0.5, 0.6) is 5.75 Å². The fourth-order valence-electron chi connectivity index (χ4n) is 2.05. The van der Waals surface area contributed by atoms with E-state index in [0.717, 1.165) is 0 Å². The van der Waals surface area contributed by atoms with Crippen LogP contribution in [0.3, 0.4) is 0 Å². The van der Waals surface area contributed by atoms with Gasteiger partial charge >= 0.3 is 0 Å². The van der Waals surface area contributed by atoms with Crippen molar-refractivity contribution in [3.05, 3.63) is 46.8 Å². The molecule has 1 heterocycles. The Hall–Kier alpha value is -2.43. The number of carbonyl (C=O) groups excluding carboxylic acids is 2. The Kier molecular flexibility index (Phi) is 1.75. The smallest absolute Gasteiger partial charge is 0.218 e. The molecule has 1 aliphatic carbocycles. The Morgan fingerprint density at radius 3 is 2.71 bits per heavy atom. The molecule has 1 N–H and O–H groups in total. The molecule has 3 rings (SSSR count). The highest BCUT2D eigenvalue weighted by molar-refractivity contribution is 6.28. The third-order valence-corrected chi connectivity index (χ3v) is 2.80. The van der Waals surface area contributed by atoms with Gasteiger partial charge in [0, 0.05) is 18.8 Å². The minimum Gasteiger partial charge on any atom is -0.507 e. The highest BCUT2D eigenvalue weighted by atomic mass is 16.3. The normalized spacial score (nSPS) is 13.5. The molecule has 1 aromatic heterocycles. The summed E-state index contributed by atoms with van der Waals surface area (Å²) in [4.78, 5) is 24.2. The summed E-state index contributed by atoms with van der Waals surface area (Å²) in [5.41, 5.74) is 0.668. The van der Waals surface area contributed by atoms with Crippen LogP contribution in [0.15, 0.2) is 24.4 Å². The number of benzene rings is 1. The van der Waals surface area contributed by atoms with Crippen molar-refractivity contribution < 1.29 is 14.7 Å². The second-order valence-electron chi connectivity index (χ2n) is 3.92. The van der Waals surface area contributed by atoms with Crippen molar-refractivity contribution in [2.75, 3.05) is 0 Å². The number of fused-ring (bicyclic) bond motifs is 2. The Balaban J connectivity index is 2.36. The third kappa shape index (κ3) is 1.16. The molecular weight excluding hydrogens is 220 g/mol. The van der Waals surface area contributed by atoms with Gasteiger partial charge in [-0.2, -0.15) is 5.10 Å². The number of ketones is 2. The lowest BCUT2D eigenvalue weighted by molar-refractivity contribution is 0.0974. The van der Waals surface area contributed by atoms with Crippen molar-refractivity contribution in [2.45, 2.75) is 0 Å². The molecule has 1 aromatic carbocycles. The van der Waals surface area contributed by atoms with Gasteiger partial charge < -0.3 is 5.11 Å². The van der Waals surface area contributed by atoms with Crippen LogP contribution in [0.25, 0.3) is 0 Å². The first kappa shape index (κ1) is 9.77. The highest BCUT2D eigenvalue weighted by Gasteiger charge is 2.34. The minimum absolute atomic E-state index is 0.0451. The van der Waals surface area contributed by atoms with E-state index >= 15 is 0 Å². The van der Waals surface area contributed by atoms with Gasteiger partial charge in [0.25, 0.3) is 0 Å². The maximum Gasteiger partial charge on any atom is 0.218 e. The molecule has 0 amide bonds. The van der Waals surface area contributed by atoms with Crippen LogP contribution in [0.2, 0.25) is 0 Å². The quantitative estimate of drug-likeness (QED) is 0.620. The maximum atomic E-state index is 12.1. The SMILES string of the molecule is Cn1cc2c(n1)C(=O)c1c(O)cccc1C2=O. The number of phenolic OH excluding ortho intramolecular Hbond substituents is 1. The van der Waals surface area contributed by atoms with E-state index in [1.54, 1.807) is 13.1 Å². The fraction of sp³-hybridized carbons (Fsp3) is 0.0833. The summed E-state index contributed by atoms with van der Waals surface area (Å²) in [5, 5.41) is 13.6. The van der Waals surface area contributed by atoms with Crippen LogP contribution < -0.4 is 0 Å². The van der Waals surface area contributed by atoms with Gasteiger partial charge in [0.1, 0.15) is 11.4 Å². The lowest BCUT2D eigenvalue weighted by Crippen LogP contribution is -2.20. The van der Waals surface area contributed by atoms with Crippen LogP contribution in [0, 0.1) is 0 Å². The first-order valence-electron chi connectivity index (χ1n) is 5.04. The number of nitrogens with zero attached hydrogens (tertiary/aromatic N) is 2. The largest absolute Gasteiger partial charge is 0.507 e. The van der Waals surface area contributed by atoms with Gasteiger partial charge in [0.2, 0.25) is 5.78 Å². The molecule has 0 saturated heterocycles. The van der Waals surface area contributed by atoms with Gasteiger partial charge in [-0.1, -0.05) is 12.1 Å². The molecule has 1 aliphatic rings. The zero-order valence-electron chi connectivity index (χ0n) is 8.97. The van der Waals surface area contributed by atoms with E-state index in [1.165, 1.54) is 23.0 Å². The monoisotopic (exact) mass is 228 g/mol. The van der Waals surface area contributed by atoms with Gasteiger partial charge in [-0.15, -0.1) is 0 Å². The Labute approximate surface area is 96.3 Å². The Morgan fingerprint density at radius 1 is 1.18 bits per heavy atom. The number of aromatic hydroxyl groups is 1. The first-order chi connectivity index (χ1) is 8.09. The summed E-state index contributed by atoms with van der Waals surface area (Å²) in [6.45, 7) is 0. The Morgan fingerprint density at radius 2 is 1.94 bits per heavy atom. The Bertz CT molecular complexity index is 670. The minimum atomic E-state index is -0.409. The topological polar surface area (TPSA) is 72.2 Å². The molecule has 17 heavy (non-hydrogen) atoms. The molecule has 0 unspecified atom stereocenters. The van der Waals surface area contributed by atoms with Crippen molar-refractivity contribution in [3.8, 4) is 5.75 Å². The van der Waals surface area contributed by atoms with Crippen molar-refractivity contribution >= 4 is 11.6 Å². The molecule has 0 saturated carbocycles. The second-order valence-corrected chi connectivity index (χ2v) is 3.92. The molecular formula is C12H8N2O3. The molecule has 84 valence electrons. The van der Waals surface area contributed by atoms with Crippen LogP contribution in [0.1, 0.15) is 32.0 Å². The van der Waals surface area contributed by atoms with Crippen molar-refractivity contribution in [1.29, 1.82) is 0 Å². The number of carbonyl (C=O) groups is 2. The molecule has 5 nitrogen and oxygen atoms in total. The van der Waals surface area contributed by atoms with Crippen LogP contribution in [-0.4, -0.2) is 26.5 Å². The van der Waals surface area contributed by atoms with Gasteiger partial charge in [0.15, 0.2) is 5.78 Å². The first-order valence-corrected chi connectivity index (χ1v) is 5.04. The van der Waals surface area contributed by atoms with E-state index in [-0.39, 0.29) is 33.9 Å². The molecule has 0 fully saturated rings. The molecule has 0 atom stereocenters. The average molecular weight is 228 g/mol. The molecule has 0 radical (unpaired) electrons. The number of hydrogen-bond acceptors (Lipinski definition) is 4. The standard InChI is InChI=1S/C12H8N2O3/c1-14-5-7-10(13-14)12(17)9-6(11(7)16)3-2-4-8(9)15/h2-5,15H,1H3. The van der Waals surface area contributed by atoms with Crippen molar-refractivity contribution in [3.63, 3.8) is 0 Å². The van der Waals surface area contributed by atoms with Gasteiger partial charge in [-0.3, -0.25) is 14.3 Å². The molecule has 0 bridgehead atoms. The van der Waals surface area contributed by atoms with E-state index in [2.05, 4.69) is 5.10 Å². The number of phenols is 1. The highest BCUT2D eigenvalue weighted by Crippen LogP contribution is 2.31. The number of hydrogen-bond donors (Lipinski definition) is 1. The zero-order chi connectivity index (χ0) is 12.2. The summed E-state index contributed by atoms with van der Waals surface area (Å²) in [5.74, 6) is -0.871. The summed E-state index contributed by atoms with van der Waals surface area (Å²) in [6.07, 6.45) is 1.52. The van der Waals surface area contributed by atoms with E-state index in [9.17, 15) is 14.7 Å². The lowest BCUT2D eigenvalue weighted by Gasteiger charge is -2.13. The van der Waals surface area contributed by atoms with E-state index < -0.39 is 5.78 Å². The van der Waals surface area contributed by atoms with Crippen molar-refractivity contribution in [1.82, 2.24) is 9.78 Å². The van der Waals surface area contributed by atoms with Gasteiger partial charge in [-0.05, 0) is 6.07 Å².